The summed E-state index contributed by atoms with van der Waals surface area (Å²) in [5, 5.41) is 6.90. The highest BCUT2D eigenvalue weighted by molar-refractivity contribution is 6.43. The zero-order valence-electron chi connectivity index (χ0n) is 13.6. The molecule has 7 heteroatoms. The van der Waals surface area contributed by atoms with Crippen molar-refractivity contribution in [2.24, 2.45) is 0 Å². The molecule has 0 saturated carbocycles. The monoisotopic (exact) mass is 366 g/mol. The normalized spacial score (nSPS) is 10.7. The van der Waals surface area contributed by atoms with Crippen LogP contribution in [-0.2, 0) is 0 Å². The lowest BCUT2D eigenvalue weighted by Crippen LogP contribution is -2.27. The van der Waals surface area contributed by atoms with Gasteiger partial charge in [0.2, 0.25) is 0 Å². The van der Waals surface area contributed by atoms with Gasteiger partial charge in [0.05, 0.1) is 33.2 Å². The lowest BCUT2D eigenvalue weighted by atomic mass is 10.2. The number of nitrogens with zero attached hydrogens (tertiary/aromatic N) is 2. The van der Waals surface area contributed by atoms with Gasteiger partial charge in [-0.05, 0) is 45.3 Å². The molecule has 0 saturated heterocycles. The fourth-order valence-corrected chi connectivity index (χ4v) is 2.44. The first kappa shape index (κ1) is 18.5. The van der Waals surface area contributed by atoms with Gasteiger partial charge in [-0.2, -0.15) is 0 Å². The van der Waals surface area contributed by atoms with E-state index in [4.69, 9.17) is 23.2 Å². The van der Waals surface area contributed by atoms with E-state index in [0.717, 1.165) is 13.0 Å². The summed E-state index contributed by atoms with van der Waals surface area (Å²) in [6, 6.07) is 7.05. The Morgan fingerprint density at radius 1 is 1.25 bits per heavy atom. The van der Waals surface area contributed by atoms with Gasteiger partial charge >= 0.3 is 0 Å². The van der Waals surface area contributed by atoms with Crippen LogP contribution in [0.25, 0.3) is 0 Å². The Morgan fingerprint density at radius 2 is 2.04 bits per heavy atom. The molecule has 2 N–H and O–H groups in total. The molecule has 0 bridgehead atoms. The smallest absolute Gasteiger partial charge is 0.252 e. The van der Waals surface area contributed by atoms with E-state index in [9.17, 15) is 4.79 Å². The molecule has 0 radical (unpaired) electrons. The molecule has 1 aromatic carbocycles. The van der Waals surface area contributed by atoms with E-state index in [2.05, 4.69) is 20.5 Å². The van der Waals surface area contributed by atoms with E-state index in [1.165, 1.54) is 6.20 Å². The molecule has 2 rings (SSSR count). The molecule has 0 fully saturated rings. The molecule has 0 spiro atoms. The number of carbonyl (C=O) groups is 1. The SMILES string of the molecule is CN(C)CCCNC(=O)c1cncc(Nc2cccc(Cl)c2Cl)c1. The second-order valence-electron chi connectivity index (χ2n) is 5.60. The third-order valence-corrected chi connectivity index (χ3v) is 4.12. The van der Waals surface area contributed by atoms with E-state index in [0.29, 0.717) is 33.5 Å². The van der Waals surface area contributed by atoms with Crippen molar-refractivity contribution in [1.29, 1.82) is 0 Å². The van der Waals surface area contributed by atoms with Gasteiger partial charge in [-0.25, -0.2) is 0 Å². The van der Waals surface area contributed by atoms with Gasteiger partial charge in [-0.1, -0.05) is 29.3 Å². The topological polar surface area (TPSA) is 57.3 Å². The minimum absolute atomic E-state index is 0.151. The molecule has 24 heavy (non-hydrogen) atoms. The highest BCUT2D eigenvalue weighted by Crippen LogP contribution is 2.31. The Balaban J connectivity index is 2.00. The zero-order chi connectivity index (χ0) is 17.5. The Hall–Kier alpha value is -1.82. The van der Waals surface area contributed by atoms with Crippen molar-refractivity contribution in [2.75, 3.05) is 32.5 Å². The molecule has 1 amide bonds. The van der Waals surface area contributed by atoms with Gasteiger partial charge in [0, 0.05) is 12.7 Å². The van der Waals surface area contributed by atoms with Crippen molar-refractivity contribution in [3.8, 4) is 0 Å². The summed E-state index contributed by atoms with van der Waals surface area (Å²) >= 11 is 12.2. The predicted molar refractivity (Wildman–Crippen MR) is 99.5 cm³/mol. The first-order valence-electron chi connectivity index (χ1n) is 7.56. The van der Waals surface area contributed by atoms with E-state index in [1.54, 1.807) is 24.4 Å². The molecule has 128 valence electrons. The molecule has 1 aromatic heterocycles. The number of rotatable bonds is 7. The Bertz CT molecular complexity index is 707. The minimum Gasteiger partial charge on any atom is -0.353 e. The van der Waals surface area contributed by atoms with Crippen molar-refractivity contribution < 1.29 is 4.79 Å². The van der Waals surface area contributed by atoms with Crippen molar-refractivity contribution in [3.05, 3.63) is 52.3 Å². The van der Waals surface area contributed by atoms with Crippen LogP contribution in [0.5, 0.6) is 0 Å². The summed E-state index contributed by atoms with van der Waals surface area (Å²) in [6.07, 6.45) is 4.05. The van der Waals surface area contributed by atoms with E-state index < -0.39 is 0 Å². The second-order valence-corrected chi connectivity index (χ2v) is 6.39. The molecule has 0 unspecified atom stereocenters. The molecular weight excluding hydrogens is 347 g/mol. The Labute approximate surface area is 152 Å². The van der Waals surface area contributed by atoms with Crippen LogP contribution in [0.1, 0.15) is 16.8 Å². The molecule has 0 aliphatic rings. The number of nitrogens with one attached hydrogen (secondary N) is 2. The van der Waals surface area contributed by atoms with Crippen LogP contribution in [0.3, 0.4) is 0 Å². The van der Waals surface area contributed by atoms with Crippen molar-refractivity contribution >= 4 is 40.5 Å². The van der Waals surface area contributed by atoms with Crippen LogP contribution in [0, 0.1) is 0 Å². The first-order chi connectivity index (χ1) is 11.5. The predicted octanol–water partition coefficient (Wildman–Crippen LogP) is 3.81. The average Bonchev–Trinajstić information content (AvgIpc) is 2.56. The van der Waals surface area contributed by atoms with E-state index in [1.807, 2.05) is 20.2 Å². The Kier molecular flexibility index (Phi) is 6.85. The summed E-state index contributed by atoms with van der Waals surface area (Å²) in [7, 11) is 4.00. The molecule has 5 nitrogen and oxygen atoms in total. The van der Waals surface area contributed by atoms with Crippen LogP contribution < -0.4 is 10.6 Å². The lowest BCUT2D eigenvalue weighted by molar-refractivity contribution is 0.0952. The van der Waals surface area contributed by atoms with Crippen LogP contribution >= 0.6 is 23.2 Å². The molecule has 0 aliphatic carbocycles. The van der Waals surface area contributed by atoms with Crippen LogP contribution in [0.15, 0.2) is 36.7 Å². The number of carbonyl (C=O) groups excluding carboxylic acids is 1. The number of anilines is 2. The number of amides is 1. The molecule has 1 heterocycles. The van der Waals surface area contributed by atoms with Crippen molar-refractivity contribution in [1.82, 2.24) is 15.2 Å². The van der Waals surface area contributed by atoms with E-state index >= 15 is 0 Å². The van der Waals surface area contributed by atoms with Crippen LogP contribution in [0.4, 0.5) is 11.4 Å². The maximum Gasteiger partial charge on any atom is 0.252 e. The summed E-state index contributed by atoms with van der Waals surface area (Å²) in [5.41, 5.74) is 1.82. The molecule has 2 aromatic rings. The average molecular weight is 367 g/mol. The van der Waals surface area contributed by atoms with Gasteiger partial charge in [0.25, 0.3) is 5.91 Å². The maximum absolute atomic E-state index is 12.2. The maximum atomic E-state index is 12.2. The van der Waals surface area contributed by atoms with Gasteiger partial charge in [-0.15, -0.1) is 0 Å². The van der Waals surface area contributed by atoms with Crippen molar-refractivity contribution in [2.45, 2.75) is 6.42 Å². The van der Waals surface area contributed by atoms with E-state index in [-0.39, 0.29) is 5.91 Å². The van der Waals surface area contributed by atoms with Gasteiger partial charge in [0.15, 0.2) is 0 Å². The van der Waals surface area contributed by atoms with Crippen molar-refractivity contribution in [3.63, 3.8) is 0 Å². The highest BCUT2D eigenvalue weighted by atomic mass is 35.5. The third-order valence-electron chi connectivity index (χ3n) is 3.30. The standard InChI is InChI=1S/C17H20Cl2N4O/c1-23(2)8-4-7-21-17(24)12-9-13(11-20-10-12)22-15-6-3-5-14(18)16(15)19/h3,5-6,9-11,22H,4,7-8H2,1-2H3,(H,21,24). The van der Waals surface area contributed by atoms with Gasteiger partial charge < -0.3 is 15.5 Å². The number of aromatic nitrogens is 1. The first-order valence-corrected chi connectivity index (χ1v) is 8.32. The summed E-state index contributed by atoms with van der Waals surface area (Å²) in [5.74, 6) is -0.151. The molecule has 0 atom stereocenters. The zero-order valence-corrected chi connectivity index (χ0v) is 15.2. The highest BCUT2D eigenvalue weighted by Gasteiger charge is 2.09. The largest absolute Gasteiger partial charge is 0.353 e. The van der Waals surface area contributed by atoms with Gasteiger partial charge in [-0.3, -0.25) is 9.78 Å². The summed E-state index contributed by atoms with van der Waals surface area (Å²) < 4.78 is 0. The second kappa shape index (κ2) is 8.87. The molecule has 0 aliphatic heterocycles. The fourth-order valence-electron chi connectivity index (χ4n) is 2.09. The Morgan fingerprint density at radius 3 is 2.79 bits per heavy atom. The number of pyridine rings is 1. The number of hydrogen-bond acceptors (Lipinski definition) is 4. The number of benzene rings is 1. The van der Waals surface area contributed by atoms with Crippen LogP contribution in [-0.4, -0.2) is 43.0 Å². The number of hydrogen-bond donors (Lipinski definition) is 2. The quantitative estimate of drug-likeness (QED) is 0.731. The minimum atomic E-state index is -0.151. The summed E-state index contributed by atoms with van der Waals surface area (Å²) in [6.45, 7) is 1.54. The summed E-state index contributed by atoms with van der Waals surface area (Å²) in [4.78, 5) is 18.4. The van der Waals surface area contributed by atoms with Gasteiger partial charge in [0.1, 0.15) is 0 Å². The number of halogens is 2. The fraction of sp³-hybridized carbons (Fsp3) is 0.294. The van der Waals surface area contributed by atoms with Crippen LogP contribution in [0.2, 0.25) is 10.0 Å². The lowest BCUT2D eigenvalue weighted by Gasteiger charge is -2.11. The third kappa shape index (κ3) is 5.37. The molecular formula is C17H20Cl2N4O.